The van der Waals surface area contributed by atoms with Crippen LogP contribution < -0.4 is 0 Å². The van der Waals surface area contributed by atoms with Crippen LogP contribution in [-0.4, -0.2) is 29.9 Å². The molecule has 0 amide bonds. The van der Waals surface area contributed by atoms with Crippen LogP contribution in [0.1, 0.15) is 58.1 Å². The summed E-state index contributed by atoms with van der Waals surface area (Å²) in [6, 6.07) is 1.72. The zero-order valence-corrected chi connectivity index (χ0v) is 16.7. The molecule has 7 heteroatoms. The van der Waals surface area contributed by atoms with Gasteiger partial charge in [-0.15, -0.1) is 0 Å². The highest BCUT2D eigenvalue weighted by Crippen LogP contribution is 2.54. The van der Waals surface area contributed by atoms with E-state index >= 15 is 0 Å². The highest BCUT2D eigenvalue weighted by molar-refractivity contribution is 6.74. The molecule has 0 unspecified atom stereocenters. The van der Waals surface area contributed by atoms with Crippen LogP contribution in [0.15, 0.2) is 18.5 Å². The number of rotatable bonds is 4. The number of hydrogen-bond acceptors (Lipinski definition) is 5. The normalized spacial score (nSPS) is 25.8. The van der Waals surface area contributed by atoms with Gasteiger partial charge in [-0.1, -0.05) is 20.8 Å². The Labute approximate surface area is 150 Å². The average molecular weight is 365 g/mol. The second kappa shape index (κ2) is 6.14. The quantitative estimate of drug-likeness (QED) is 0.437. The molecule has 1 aliphatic carbocycles. The van der Waals surface area contributed by atoms with Gasteiger partial charge in [0.15, 0.2) is 8.32 Å². The van der Waals surface area contributed by atoms with Gasteiger partial charge >= 0.3 is 0 Å². The molecule has 0 N–H and O–H groups in total. The van der Waals surface area contributed by atoms with E-state index in [4.69, 9.17) is 9.16 Å². The van der Waals surface area contributed by atoms with E-state index in [2.05, 4.69) is 38.8 Å². The van der Waals surface area contributed by atoms with Crippen LogP contribution in [0, 0.1) is 10.1 Å². The molecule has 138 valence electrons. The largest absolute Gasteiger partial charge is 0.414 e. The van der Waals surface area contributed by atoms with Crippen LogP contribution in [-0.2, 0) is 9.16 Å². The lowest BCUT2D eigenvalue weighted by Gasteiger charge is -2.43. The summed E-state index contributed by atoms with van der Waals surface area (Å²) in [5.41, 5.74) is 0.513. The number of nitro groups is 1. The van der Waals surface area contributed by atoms with Crippen LogP contribution in [0.25, 0.3) is 0 Å². The van der Waals surface area contributed by atoms with E-state index in [0.29, 0.717) is 12.0 Å². The van der Waals surface area contributed by atoms with Gasteiger partial charge in [0, 0.05) is 19.0 Å². The Morgan fingerprint density at radius 1 is 1.40 bits per heavy atom. The molecular weight excluding hydrogens is 336 g/mol. The molecule has 0 radical (unpaired) electrons. The topological polar surface area (TPSA) is 74.5 Å². The molecule has 6 nitrogen and oxygen atoms in total. The number of hydrogen-bond donors (Lipinski definition) is 0. The smallest absolute Gasteiger partial charge is 0.293 e. The number of pyridine rings is 1. The van der Waals surface area contributed by atoms with E-state index in [9.17, 15) is 10.1 Å². The molecule has 0 aromatic carbocycles. The fraction of sp³-hybridized carbons (Fsp3) is 0.722. The number of aromatic nitrogens is 1. The van der Waals surface area contributed by atoms with Crippen molar-refractivity contribution in [2.45, 2.75) is 82.4 Å². The monoisotopic (exact) mass is 364 g/mol. The van der Waals surface area contributed by atoms with E-state index in [0.717, 1.165) is 19.3 Å². The van der Waals surface area contributed by atoms with Crippen LogP contribution >= 0.6 is 0 Å². The van der Waals surface area contributed by atoms with Gasteiger partial charge in [0.2, 0.25) is 0 Å². The van der Waals surface area contributed by atoms with Gasteiger partial charge in [0.1, 0.15) is 6.20 Å². The Kier molecular flexibility index (Phi) is 4.54. The molecule has 0 bridgehead atoms. The molecule has 1 aromatic rings. The van der Waals surface area contributed by atoms with Crippen LogP contribution in [0.4, 0.5) is 5.69 Å². The highest BCUT2D eigenvalue weighted by atomic mass is 28.4. The zero-order chi connectivity index (χ0) is 18.5. The molecule has 2 heterocycles. The minimum absolute atomic E-state index is 0.0382. The van der Waals surface area contributed by atoms with Gasteiger partial charge in [-0.3, -0.25) is 15.1 Å². The summed E-state index contributed by atoms with van der Waals surface area (Å²) < 4.78 is 12.9. The summed E-state index contributed by atoms with van der Waals surface area (Å²) in [6.45, 7) is 11.2. The van der Waals surface area contributed by atoms with E-state index in [1.54, 1.807) is 12.3 Å². The van der Waals surface area contributed by atoms with E-state index < -0.39 is 8.32 Å². The van der Waals surface area contributed by atoms with E-state index in [1.807, 2.05) is 0 Å². The molecule has 1 saturated heterocycles. The van der Waals surface area contributed by atoms with Crippen LogP contribution in [0.2, 0.25) is 18.1 Å². The SMILES string of the molecule is CC(C)(C)[Si](C)(C)O[C@@H]1C[C@H](c2ccncc2[N+](=O)[O-])OC2(CC2)C1. The van der Waals surface area contributed by atoms with Gasteiger partial charge < -0.3 is 9.16 Å². The van der Waals surface area contributed by atoms with Gasteiger partial charge in [0.25, 0.3) is 5.69 Å². The second-order valence-corrected chi connectivity index (χ2v) is 13.7. The Balaban J connectivity index is 1.85. The summed E-state index contributed by atoms with van der Waals surface area (Å²) in [7, 11) is -1.89. The van der Waals surface area contributed by atoms with E-state index in [-0.39, 0.29) is 33.5 Å². The Bertz CT molecular complexity index is 667. The first-order valence-corrected chi connectivity index (χ1v) is 11.9. The molecular formula is C18H28N2O4Si. The Hall–Kier alpha value is -1.31. The maximum Gasteiger partial charge on any atom is 0.293 e. The van der Waals surface area contributed by atoms with Crippen LogP contribution in [0.5, 0.6) is 0 Å². The number of nitrogens with zero attached hydrogens (tertiary/aromatic N) is 2. The Morgan fingerprint density at radius 3 is 2.64 bits per heavy atom. The fourth-order valence-electron chi connectivity index (χ4n) is 3.29. The van der Waals surface area contributed by atoms with Gasteiger partial charge in [-0.05, 0) is 37.0 Å². The van der Waals surface area contributed by atoms with Gasteiger partial charge in [-0.25, -0.2) is 0 Å². The van der Waals surface area contributed by atoms with Crippen molar-refractivity contribution < 1.29 is 14.1 Å². The first kappa shape index (κ1) is 18.5. The molecule has 2 atom stereocenters. The van der Waals surface area contributed by atoms with Crippen molar-refractivity contribution in [1.29, 1.82) is 0 Å². The maximum atomic E-state index is 11.4. The molecule has 3 rings (SSSR count). The Morgan fingerprint density at radius 2 is 2.08 bits per heavy atom. The predicted molar refractivity (Wildman–Crippen MR) is 98.0 cm³/mol. The third kappa shape index (κ3) is 3.78. The maximum absolute atomic E-state index is 11.4. The molecule has 25 heavy (non-hydrogen) atoms. The van der Waals surface area contributed by atoms with Crippen molar-refractivity contribution in [3.8, 4) is 0 Å². The van der Waals surface area contributed by atoms with Crippen LogP contribution in [0.3, 0.4) is 0 Å². The minimum atomic E-state index is -1.89. The first-order valence-electron chi connectivity index (χ1n) is 8.97. The third-order valence-electron chi connectivity index (χ3n) is 5.92. The molecule has 1 aromatic heterocycles. The van der Waals surface area contributed by atoms with Crippen molar-refractivity contribution >= 4 is 14.0 Å². The van der Waals surface area contributed by atoms with Crippen molar-refractivity contribution in [2.75, 3.05) is 0 Å². The molecule has 2 aliphatic rings. The van der Waals surface area contributed by atoms with Gasteiger partial charge in [-0.2, -0.15) is 0 Å². The van der Waals surface area contributed by atoms with Crippen molar-refractivity contribution in [3.05, 3.63) is 34.1 Å². The summed E-state index contributed by atoms with van der Waals surface area (Å²) >= 11 is 0. The number of ether oxygens (including phenoxy) is 1. The lowest BCUT2D eigenvalue weighted by Crippen LogP contribution is -2.47. The van der Waals surface area contributed by atoms with Crippen molar-refractivity contribution in [1.82, 2.24) is 4.98 Å². The molecule has 2 fully saturated rings. The van der Waals surface area contributed by atoms with Gasteiger partial charge in [0.05, 0.1) is 28.3 Å². The second-order valence-electron chi connectivity index (χ2n) is 8.92. The fourth-order valence-corrected chi connectivity index (χ4v) is 4.66. The summed E-state index contributed by atoms with van der Waals surface area (Å²) in [5.74, 6) is 0. The summed E-state index contributed by atoms with van der Waals surface area (Å²) in [5, 5.41) is 11.5. The first-order chi connectivity index (χ1) is 11.5. The van der Waals surface area contributed by atoms with Crippen molar-refractivity contribution in [2.24, 2.45) is 0 Å². The van der Waals surface area contributed by atoms with Crippen molar-refractivity contribution in [3.63, 3.8) is 0 Å². The lowest BCUT2D eigenvalue weighted by atomic mass is 9.95. The summed E-state index contributed by atoms with van der Waals surface area (Å²) in [6.07, 6.45) is 6.30. The predicted octanol–water partition coefficient (Wildman–Crippen LogP) is 4.76. The summed E-state index contributed by atoms with van der Waals surface area (Å²) in [4.78, 5) is 14.9. The minimum Gasteiger partial charge on any atom is -0.414 e. The average Bonchev–Trinajstić information content (AvgIpc) is 3.23. The van der Waals surface area contributed by atoms with E-state index in [1.165, 1.54) is 6.20 Å². The third-order valence-corrected chi connectivity index (χ3v) is 10.5. The zero-order valence-electron chi connectivity index (χ0n) is 15.7. The highest BCUT2D eigenvalue weighted by Gasteiger charge is 2.53. The molecule has 1 saturated carbocycles. The molecule has 1 aliphatic heterocycles. The lowest BCUT2D eigenvalue weighted by molar-refractivity contribution is -0.386. The standard InChI is InChI=1S/C18H28N2O4Si/c1-17(2,3)25(4,5)24-13-10-16(23-18(11-13)7-8-18)14-6-9-19-12-15(14)20(21)22/h6,9,12-13,16H,7-8,10-11H2,1-5H3/t13-,16-/m1/s1. The molecule has 1 spiro atoms.